The van der Waals surface area contributed by atoms with Crippen LogP contribution in [-0.4, -0.2) is 0 Å². The molecule has 0 aromatic rings. The van der Waals surface area contributed by atoms with Crippen LogP contribution in [0.1, 0.15) is 105 Å². The molecule has 0 radical (unpaired) electrons. The molecule has 18 heavy (non-hydrogen) atoms. The molecule has 0 aliphatic heterocycles. The maximum atomic E-state index is 2.44. The van der Waals surface area contributed by atoms with E-state index in [0.29, 0.717) is 0 Å². The average Bonchev–Trinajstić information content (AvgIpc) is 2.32. The molecule has 0 spiro atoms. The van der Waals surface area contributed by atoms with Crippen molar-refractivity contribution < 1.29 is 0 Å². The summed E-state index contributed by atoms with van der Waals surface area (Å²) in [7, 11) is 0. The van der Waals surface area contributed by atoms with Crippen LogP contribution >= 0.6 is 0 Å². The summed E-state index contributed by atoms with van der Waals surface area (Å²) in [6.07, 6.45) is 17.4. The largest absolute Gasteiger partial charge is 0.0654 e. The van der Waals surface area contributed by atoms with Gasteiger partial charge in [0.15, 0.2) is 0 Å². The SMILES string of the molecule is CCCCCC(C)CCCCCCCCC(C)C. The van der Waals surface area contributed by atoms with Gasteiger partial charge in [-0.25, -0.2) is 0 Å². The van der Waals surface area contributed by atoms with Crippen LogP contribution in [0.5, 0.6) is 0 Å². The van der Waals surface area contributed by atoms with Crippen LogP contribution < -0.4 is 0 Å². The molecule has 0 amide bonds. The predicted molar refractivity (Wildman–Crippen MR) is 85.1 cm³/mol. The summed E-state index contributed by atoms with van der Waals surface area (Å²) in [6.45, 7) is 9.40. The highest BCUT2D eigenvalue weighted by molar-refractivity contribution is 4.55. The first-order valence-electron chi connectivity index (χ1n) is 8.66. The second-order valence-corrected chi connectivity index (χ2v) is 6.69. The van der Waals surface area contributed by atoms with Gasteiger partial charge in [-0.1, -0.05) is 105 Å². The van der Waals surface area contributed by atoms with Gasteiger partial charge in [0.1, 0.15) is 0 Å². The van der Waals surface area contributed by atoms with Crippen molar-refractivity contribution in [2.24, 2.45) is 11.8 Å². The highest BCUT2D eigenvalue weighted by Gasteiger charge is 2.01. The molecule has 0 fully saturated rings. The Labute approximate surface area is 117 Å². The van der Waals surface area contributed by atoms with Crippen molar-refractivity contribution in [1.29, 1.82) is 0 Å². The summed E-state index contributed by atoms with van der Waals surface area (Å²) < 4.78 is 0. The standard InChI is InChI=1S/C18H38/c1-5-6-11-15-18(4)16-13-10-8-7-9-12-14-17(2)3/h17-18H,5-16H2,1-4H3. The molecule has 110 valence electrons. The summed E-state index contributed by atoms with van der Waals surface area (Å²) >= 11 is 0. The Hall–Kier alpha value is 0. The van der Waals surface area contributed by atoms with Crippen molar-refractivity contribution in [3.8, 4) is 0 Å². The van der Waals surface area contributed by atoms with Gasteiger partial charge in [-0.3, -0.25) is 0 Å². The molecule has 0 N–H and O–H groups in total. The van der Waals surface area contributed by atoms with E-state index in [4.69, 9.17) is 0 Å². The molecule has 0 rings (SSSR count). The van der Waals surface area contributed by atoms with E-state index in [1.807, 2.05) is 0 Å². The van der Waals surface area contributed by atoms with Crippen LogP contribution in [0.3, 0.4) is 0 Å². The average molecular weight is 255 g/mol. The van der Waals surface area contributed by atoms with E-state index in [-0.39, 0.29) is 0 Å². The van der Waals surface area contributed by atoms with Crippen LogP contribution in [0.2, 0.25) is 0 Å². The normalized spacial score (nSPS) is 13.2. The highest BCUT2D eigenvalue weighted by atomic mass is 14.1. The van der Waals surface area contributed by atoms with Crippen molar-refractivity contribution in [3.05, 3.63) is 0 Å². The van der Waals surface area contributed by atoms with E-state index in [1.165, 1.54) is 77.0 Å². The Balaban J connectivity index is 3.10. The molecule has 0 heteroatoms. The summed E-state index contributed by atoms with van der Waals surface area (Å²) in [5, 5.41) is 0. The van der Waals surface area contributed by atoms with Crippen molar-refractivity contribution in [1.82, 2.24) is 0 Å². The third kappa shape index (κ3) is 14.1. The third-order valence-corrected chi connectivity index (χ3v) is 4.03. The number of hydrogen-bond acceptors (Lipinski definition) is 0. The van der Waals surface area contributed by atoms with Crippen LogP contribution in [0.15, 0.2) is 0 Å². The minimum absolute atomic E-state index is 0.897. The lowest BCUT2D eigenvalue weighted by atomic mass is 9.96. The molecular formula is C18H38. The van der Waals surface area contributed by atoms with E-state index in [0.717, 1.165) is 11.8 Å². The Kier molecular flexibility index (Phi) is 13.4. The predicted octanol–water partition coefficient (Wildman–Crippen LogP) is 6.98. The molecule has 1 unspecified atom stereocenters. The smallest absolute Gasteiger partial charge is 0.0443 e. The van der Waals surface area contributed by atoms with E-state index in [1.54, 1.807) is 0 Å². The Bertz CT molecular complexity index is 148. The van der Waals surface area contributed by atoms with Gasteiger partial charge in [0.05, 0.1) is 0 Å². The van der Waals surface area contributed by atoms with Crippen molar-refractivity contribution in [3.63, 3.8) is 0 Å². The van der Waals surface area contributed by atoms with Gasteiger partial charge in [0.25, 0.3) is 0 Å². The van der Waals surface area contributed by atoms with Crippen LogP contribution in [0.25, 0.3) is 0 Å². The van der Waals surface area contributed by atoms with Gasteiger partial charge in [-0.05, 0) is 11.8 Å². The molecule has 0 aromatic heterocycles. The van der Waals surface area contributed by atoms with Crippen molar-refractivity contribution in [2.45, 2.75) is 105 Å². The lowest BCUT2D eigenvalue weighted by Crippen LogP contribution is -1.95. The first kappa shape index (κ1) is 18.0. The van der Waals surface area contributed by atoms with Gasteiger partial charge >= 0.3 is 0 Å². The van der Waals surface area contributed by atoms with Crippen LogP contribution in [0, 0.1) is 11.8 Å². The fourth-order valence-corrected chi connectivity index (χ4v) is 2.64. The molecule has 0 saturated heterocycles. The summed E-state index contributed by atoms with van der Waals surface area (Å²) in [5.74, 6) is 1.87. The minimum atomic E-state index is 0.897. The minimum Gasteiger partial charge on any atom is -0.0654 e. The third-order valence-electron chi connectivity index (χ3n) is 4.03. The number of rotatable bonds is 13. The van der Waals surface area contributed by atoms with E-state index < -0.39 is 0 Å². The molecule has 0 aliphatic carbocycles. The monoisotopic (exact) mass is 254 g/mol. The zero-order valence-electron chi connectivity index (χ0n) is 13.6. The van der Waals surface area contributed by atoms with Gasteiger partial charge in [-0.2, -0.15) is 0 Å². The van der Waals surface area contributed by atoms with Crippen molar-refractivity contribution in [2.75, 3.05) is 0 Å². The molecule has 0 nitrogen and oxygen atoms in total. The first-order valence-corrected chi connectivity index (χ1v) is 8.66. The molecule has 0 saturated carbocycles. The summed E-state index contributed by atoms with van der Waals surface area (Å²) in [6, 6.07) is 0. The molecule has 0 heterocycles. The number of unbranched alkanes of at least 4 members (excludes halogenated alkanes) is 7. The summed E-state index contributed by atoms with van der Waals surface area (Å²) in [4.78, 5) is 0. The Morgan fingerprint density at radius 2 is 1.00 bits per heavy atom. The second kappa shape index (κ2) is 13.4. The lowest BCUT2D eigenvalue weighted by Gasteiger charge is -2.10. The van der Waals surface area contributed by atoms with Gasteiger partial charge in [-0.15, -0.1) is 0 Å². The first-order chi connectivity index (χ1) is 8.66. The topological polar surface area (TPSA) is 0 Å². The van der Waals surface area contributed by atoms with Crippen LogP contribution in [0.4, 0.5) is 0 Å². The lowest BCUT2D eigenvalue weighted by molar-refractivity contribution is 0.434. The zero-order chi connectivity index (χ0) is 13.6. The van der Waals surface area contributed by atoms with E-state index in [9.17, 15) is 0 Å². The van der Waals surface area contributed by atoms with E-state index in [2.05, 4.69) is 27.7 Å². The Morgan fingerprint density at radius 3 is 1.50 bits per heavy atom. The molecule has 1 atom stereocenters. The fraction of sp³-hybridized carbons (Fsp3) is 1.00. The summed E-state index contributed by atoms with van der Waals surface area (Å²) in [5.41, 5.74) is 0. The highest BCUT2D eigenvalue weighted by Crippen LogP contribution is 2.18. The molecule has 0 aliphatic rings. The maximum Gasteiger partial charge on any atom is -0.0443 e. The zero-order valence-corrected chi connectivity index (χ0v) is 13.6. The molecular weight excluding hydrogens is 216 g/mol. The van der Waals surface area contributed by atoms with Gasteiger partial charge < -0.3 is 0 Å². The molecule has 0 bridgehead atoms. The second-order valence-electron chi connectivity index (χ2n) is 6.69. The quantitative estimate of drug-likeness (QED) is 0.311. The Morgan fingerprint density at radius 1 is 0.556 bits per heavy atom. The molecule has 0 aromatic carbocycles. The van der Waals surface area contributed by atoms with Crippen LogP contribution in [-0.2, 0) is 0 Å². The fourth-order valence-electron chi connectivity index (χ4n) is 2.64. The van der Waals surface area contributed by atoms with Crippen molar-refractivity contribution >= 4 is 0 Å². The maximum absolute atomic E-state index is 2.44. The van der Waals surface area contributed by atoms with Gasteiger partial charge in [0, 0.05) is 0 Å². The van der Waals surface area contributed by atoms with E-state index >= 15 is 0 Å². The van der Waals surface area contributed by atoms with Gasteiger partial charge in [0.2, 0.25) is 0 Å². The number of hydrogen-bond donors (Lipinski definition) is 0.